The van der Waals surface area contributed by atoms with Crippen LogP contribution < -0.4 is 5.32 Å². The number of benzene rings is 1. The van der Waals surface area contributed by atoms with Crippen molar-refractivity contribution in [1.82, 2.24) is 20.4 Å². The number of nitrogens with one attached hydrogen (secondary N) is 1. The lowest BCUT2D eigenvalue weighted by molar-refractivity contribution is 0.370. The molecule has 1 unspecified atom stereocenters. The lowest BCUT2D eigenvalue weighted by atomic mass is 9.99. The molecule has 2 aromatic rings. The molecule has 27 heavy (non-hydrogen) atoms. The van der Waals surface area contributed by atoms with E-state index in [9.17, 15) is 0 Å². The van der Waals surface area contributed by atoms with Gasteiger partial charge in [-0.15, -0.1) is 24.0 Å². The minimum atomic E-state index is 0. The van der Waals surface area contributed by atoms with E-state index in [2.05, 4.69) is 69.5 Å². The van der Waals surface area contributed by atoms with E-state index >= 15 is 0 Å². The van der Waals surface area contributed by atoms with Crippen LogP contribution in [0.1, 0.15) is 43.5 Å². The van der Waals surface area contributed by atoms with E-state index in [0.717, 1.165) is 37.8 Å². The number of aromatic nitrogens is 2. The van der Waals surface area contributed by atoms with Gasteiger partial charge >= 0.3 is 0 Å². The Bertz CT molecular complexity index is 716. The number of aliphatic imine (C=N–C) groups is 1. The molecule has 6 nitrogen and oxygen atoms in total. The van der Waals surface area contributed by atoms with Crippen molar-refractivity contribution in [3.05, 3.63) is 47.6 Å². The van der Waals surface area contributed by atoms with E-state index in [4.69, 9.17) is 4.52 Å². The van der Waals surface area contributed by atoms with Crippen LogP contribution in [0.4, 0.5) is 0 Å². The molecule has 0 aliphatic carbocycles. The molecule has 0 spiro atoms. The van der Waals surface area contributed by atoms with E-state index in [-0.39, 0.29) is 24.0 Å². The molecule has 1 aromatic heterocycles. The predicted octanol–water partition coefficient (Wildman–Crippen LogP) is 3.49. The predicted molar refractivity (Wildman–Crippen MR) is 119 cm³/mol. The second-order valence-corrected chi connectivity index (χ2v) is 7.22. The highest BCUT2D eigenvalue weighted by Crippen LogP contribution is 2.20. The first kappa shape index (κ1) is 21.7. The molecule has 3 rings (SSSR count). The lowest BCUT2D eigenvalue weighted by Crippen LogP contribution is -2.41. The van der Waals surface area contributed by atoms with Crippen LogP contribution in [0.15, 0.2) is 39.8 Å². The molecule has 1 aliphatic rings. The third-order valence-corrected chi connectivity index (χ3v) is 4.79. The maximum Gasteiger partial charge on any atom is 0.228 e. The van der Waals surface area contributed by atoms with Gasteiger partial charge in [0.25, 0.3) is 0 Å². The van der Waals surface area contributed by atoms with Crippen LogP contribution in [0.25, 0.3) is 0 Å². The molecule has 2 heterocycles. The summed E-state index contributed by atoms with van der Waals surface area (Å²) < 4.78 is 5.30. The summed E-state index contributed by atoms with van der Waals surface area (Å²) in [6.45, 7) is 6.97. The van der Waals surface area contributed by atoms with E-state index in [1.807, 2.05) is 7.05 Å². The van der Waals surface area contributed by atoms with Gasteiger partial charge in [0, 0.05) is 39.0 Å². The molecule has 148 valence electrons. The number of likely N-dealkylation sites (tertiary alicyclic amines) is 1. The summed E-state index contributed by atoms with van der Waals surface area (Å²) in [6, 6.07) is 10.7. The zero-order valence-corrected chi connectivity index (χ0v) is 18.7. The lowest BCUT2D eigenvalue weighted by Gasteiger charge is -2.21. The van der Waals surface area contributed by atoms with Crippen LogP contribution in [0, 0.1) is 5.92 Å². The molecular weight excluding hydrogens is 453 g/mol. The number of halogens is 1. The van der Waals surface area contributed by atoms with Gasteiger partial charge in [0.05, 0.1) is 0 Å². The second kappa shape index (κ2) is 10.6. The average Bonchev–Trinajstić information content (AvgIpc) is 3.29. The van der Waals surface area contributed by atoms with E-state index in [0.29, 0.717) is 24.1 Å². The van der Waals surface area contributed by atoms with Gasteiger partial charge < -0.3 is 14.7 Å². The second-order valence-electron chi connectivity index (χ2n) is 7.22. The largest absolute Gasteiger partial charge is 0.356 e. The van der Waals surface area contributed by atoms with Crippen LogP contribution in [-0.4, -0.2) is 47.7 Å². The highest BCUT2D eigenvalue weighted by Gasteiger charge is 2.25. The molecule has 1 fully saturated rings. The zero-order valence-electron chi connectivity index (χ0n) is 16.4. The van der Waals surface area contributed by atoms with Gasteiger partial charge in [-0.3, -0.25) is 4.99 Å². The monoisotopic (exact) mass is 483 g/mol. The summed E-state index contributed by atoms with van der Waals surface area (Å²) in [5, 5.41) is 7.44. The SMILES string of the molecule is CN=C(NCCc1nc(C(C)C)no1)N1CCC(Cc2ccccc2)C1.I. The molecule has 7 heteroatoms. The first-order chi connectivity index (χ1) is 12.7. The molecule has 1 N–H and O–H groups in total. The van der Waals surface area contributed by atoms with Crippen LogP contribution in [-0.2, 0) is 12.8 Å². The minimum absolute atomic E-state index is 0. The van der Waals surface area contributed by atoms with Crippen LogP contribution >= 0.6 is 24.0 Å². The molecule has 0 bridgehead atoms. The Morgan fingerprint density at radius 1 is 1.33 bits per heavy atom. The highest BCUT2D eigenvalue weighted by molar-refractivity contribution is 14.0. The fraction of sp³-hybridized carbons (Fsp3) is 0.550. The molecule has 0 radical (unpaired) electrons. The minimum Gasteiger partial charge on any atom is -0.356 e. The van der Waals surface area contributed by atoms with E-state index in [1.54, 1.807) is 0 Å². The number of nitrogens with zero attached hydrogens (tertiary/aromatic N) is 4. The Kier molecular flexibility index (Phi) is 8.53. The van der Waals surface area contributed by atoms with Gasteiger partial charge in [0.2, 0.25) is 5.89 Å². The van der Waals surface area contributed by atoms with Crippen LogP contribution in [0.3, 0.4) is 0 Å². The van der Waals surface area contributed by atoms with Gasteiger partial charge in [0.15, 0.2) is 11.8 Å². The quantitative estimate of drug-likeness (QED) is 0.387. The van der Waals surface area contributed by atoms with Crippen molar-refractivity contribution in [3.63, 3.8) is 0 Å². The smallest absolute Gasteiger partial charge is 0.228 e. The average molecular weight is 483 g/mol. The Hall–Kier alpha value is -1.64. The maximum absolute atomic E-state index is 5.30. The Morgan fingerprint density at radius 3 is 2.78 bits per heavy atom. The topological polar surface area (TPSA) is 66.5 Å². The van der Waals surface area contributed by atoms with Crippen molar-refractivity contribution in [3.8, 4) is 0 Å². The highest BCUT2D eigenvalue weighted by atomic mass is 127. The fourth-order valence-corrected chi connectivity index (χ4v) is 3.36. The summed E-state index contributed by atoms with van der Waals surface area (Å²) in [4.78, 5) is 11.2. The summed E-state index contributed by atoms with van der Waals surface area (Å²) in [5.41, 5.74) is 1.42. The zero-order chi connectivity index (χ0) is 18.4. The summed E-state index contributed by atoms with van der Waals surface area (Å²) in [7, 11) is 1.84. The molecule has 1 atom stereocenters. The van der Waals surface area contributed by atoms with Crippen molar-refractivity contribution in [2.45, 2.75) is 39.0 Å². The number of hydrogen-bond acceptors (Lipinski definition) is 4. The Labute approximate surface area is 178 Å². The van der Waals surface area contributed by atoms with Crippen molar-refractivity contribution in [2.75, 3.05) is 26.7 Å². The van der Waals surface area contributed by atoms with Gasteiger partial charge in [-0.25, -0.2) is 0 Å². The standard InChI is InChI=1S/C20H29N5O.HI/c1-15(2)19-23-18(26-24-19)9-11-22-20(21-3)25-12-10-17(14-25)13-16-7-5-4-6-8-16;/h4-8,15,17H,9-14H2,1-3H3,(H,21,22);1H. The summed E-state index contributed by atoms with van der Waals surface area (Å²) >= 11 is 0. The van der Waals surface area contributed by atoms with E-state index < -0.39 is 0 Å². The van der Waals surface area contributed by atoms with Crippen molar-refractivity contribution >= 4 is 29.9 Å². The fourth-order valence-electron chi connectivity index (χ4n) is 3.36. The van der Waals surface area contributed by atoms with Gasteiger partial charge in [-0.2, -0.15) is 4.98 Å². The van der Waals surface area contributed by atoms with Gasteiger partial charge in [-0.1, -0.05) is 49.3 Å². The third kappa shape index (κ3) is 6.19. The van der Waals surface area contributed by atoms with E-state index in [1.165, 1.54) is 12.0 Å². The number of hydrogen-bond donors (Lipinski definition) is 1. The van der Waals surface area contributed by atoms with Gasteiger partial charge in [-0.05, 0) is 24.3 Å². The normalized spacial score (nSPS) is 17.3. The van der Waals surface area contributed by atoms with Crippen molar-refractivity contribution in [2.24, 2.45) is 10.9 Å². The molecule has 1 aliphatic heterocycles. The summed E-state index contributed by atoms with van der Waals surface area (Å²) in [5.74, 6) is 3.39. The van der Waals surface area contributed by atoms with Crippen LogP contribution in [0.5, 0.6) is 0 Å². The van der Waals surface area contributed by atoms with Gasteiger partial charge in [0.1, 0.15) is 0 Å². The third-order valence-electron chi connectivity index (χ3n) is 4.79. The first-order valence-corrected chi connectivity index (χ1v) is 9.47. The van der Waals surface area contributed by atoms with Crippen molar-refractivity contribution in [1.29, 1.82) is 0 Å². The molecule has 0 amide bonds. The summed E-state index contributed by atoms with van der Waals surface area (Å²) in [6.07, 6.45) is 3.05. The number of rotatable bonds is 6. The molecule has 0 saturated carbocycles. The molecular formula is C20H30IN5O. The Morgan fingerprint density at radius 2 is 2.11 bits per heavy atom. The van der Waals surface area contributed by atoms with Crippen LogP contribution in [0.2, 0.25) is 0 Å². The Balaban J connectivity index is 0.00000261. The molecule has 1 saturated heterocycles. The number of guanidine groups is 1. The van der Waals surface area contributed by atoms with Crippen molar-refractivity contribution < 1.29 is 4.52 Å². The first-order valence-electron chi connectivity index (χ1n) is 9.47. The molecule has 1 aromatic carbocycles. The maximum atomic E-state index is 5.30.